The van der Waals surface area contributed by atoms with E-state index in [4.69, 9.17) is 16.3 Å². The summed E-state index contributed by atoms with van der Waals surface area (Å²) in [5, 5.41) is 0.384. The molecule has 0 saturated heterocycles. The average molecular weight is 242 g/mol. The molecule has 3 nitrogen and oxygen atoms in total. The van der Waals surface area contributed by atoms with Gasteiger partial charge in [-0.15, -0.1) is 0 Å². The fourth-order valence-electron chi connectivity index (χ4n) is 2.11. The molecule has 2 aliphatic rings. The van der Waals surface area contributed by atoms with Gasteiger partial charge in [-0.05, 0) is 24.8 Å². The Kier molecular flexibility index (Phi) is 3.77. The predicted octanol–water partition coefficient (Wildman–Crippen LogP) is 2.34. The standard InChI is InChI=1S/C12H16ClNO2/c1-16-7-9-5-6-14-12(13)10(9)11(15)8-3-2-4-8/h8H,2-7H2,1H3. The minimum Gasteiger partial charge on any atom is -0.380 e. The van der Waals surface area contributed by atoms with Gasteiger partial charge in [0.2, 0.25) is 0 Å². The van der Waals surface area contributed by atoms with Crippen molar-refractivity contribution >= 4 is 22.6 Å². The number of carbonyl (C=O) groups excluding carboxylic acids is 1. The third kappa shape index (κ3) is 2.20. The molecule has 0 spiro atoms. The first-order valence-electron chi connectivity index (χ1n) is 5.69. The van der Waals surface area contributed by atoms with Crippen molar-refractivity contribution in [3.05, 3.63) is 11.1 Å². The predicted molar refractivity (Wildman–Crippen MR) is 64.0 cm³/mol. The van der Waals surface area contributed by atoms with E-state index in [1.807, 2.05) is 0 Å². The summed E-state index contributed by atoms with van der Waals surface area (Å²) in [4.78, 5) is 16.4. The van der Waals surface area contributed by atoms with Crippen LogP contribution in [0, 0.1) is 5.92 Å². The SMILES string of the molecule is COCC1=C(C(=O)C2CCC2)C(Cl)=NCC1. The van der Waals surface area contributed by atoms with E-state index in [0.29, 0.717) is 23.9 Å². The van der Waals surface area contributed by atoms with Gasteiger partial charge >= 0.3 is 0 Å². The lowest BCUT2D eigenvalue weighted by atomic mass is 9.78. The van der Waals surface area contributed by atoms with Crippen molar-refractivity contribution in [2.45, 2.75) is 25.7 Å². The number of ether oxygens (including phenoxy) is 1. The van der Waals surface area contributed by atoms with Crippen LogP contribution in [-0.4, -0.2) is 31.2 Å². The van der Waals surface area contributed by atoms with Crippen LogP contribution < -0.4 is 0 Å². The average Bonchev–Trinajstić information content (AvgIpc) is 2.15. The molecule has 0 amide bonds. The van der Waals surface area contributed by atoms with Crippen LogP contribution in [0.5, 0.6) is 0 Å². The van der Waals surface area contributed by atoms with E-state index in [1.54, 1.807) is 7.11 Å². The van der Waals surface area contributed by atoms with Gasteiger partial charge in [0, 0.05) is 19.6 Å². The number of aliphatic imine (C=N–C) groups is 1. The Balaban J connectivity index is 2.23. The van der Waals surface area contributed by atoms with Gasteiger partial charge in [0.15, 0.2) is 5.78 Å². The number of allylic oxidation sites excluding steroid dienone is 1. The summed E-state index contributed by atoms with van der Waals surface area (Å²) in [6, 6.07) is 0. The highest BCUT2D eigenvalue weighted by Gasteiger charge is 2.32. The van der Waals surface area contributed by atoms with Crippen LogP contribution in [0.3, 0.4) is 0 Å². The molecule has 0 bridgehead atoms. The number of hydrogen-bond acceptors (Lipinski definition) is 3. The lowest BCUT2D eigenvalue weighted by Crippen LogP contribution is -2.28. The summed E-state index contributed by atoms with van der Waals surface area (Å²) >= 11 is 6.05. The largest absolute Gasteiger partial charge is 0.380 e. The molecule has 0 radical (unpaired) electrons. The Hall–Kier alpha value is -0.670. The highest BCUT2D eigenvalue weighted by atomic mass is 35.5. The number of Topliss-reactive ketones (excluding diaryl/α,β-unsaturated/α-hetero) is 1. The van der Waals surface area contributed by atoms with E-state index in [0.717, 1.165) is 31.3 Å². The van der Waals surface area contributed by atoms with Gasteiger partial charge in [-0.2, -0.15) is 0 Å². The summed E-state index contributed by atoms with van der Waals surface area (Å²) in [6.45, 7) is 1.15. The smallest absolute Gasteiger partial charge is 0.169 e. The second kappa shape index (κ2) is 5.11. The van der Waals surface area contributed by atoms with Gasteiger partial charge in [0.05, 0.1) is 12.2 Å². The molecule has 0 aromatic rings. The van der Waals surface area contributed by atoms with Crippen molar-refractivity contribution in [3.63, 3.8) is 0 Å². The number of dihydropyridines is 1. The first kappa shape index (κ1) is 11.8. The highest BCUT2D eigenvalue weighted by molar-refractivity contribution is 6.72. The number of methoxy groups -OCH3 is 1. The van der Waals surface area contributed by atoms with Gasteiger partial charge in [0.25, 0.3) is 0 Å². The fourth-order valence-corrected chi connectivity index (χ4v) is 2.42. The monoisotopic (exact) mass is 241 g/mol. The Morgan fingerprint density at radius 1 is 1.56 bits per heavy atom. The number of hydrogen-bond donors (Lipinski definition) is 0. The van der Waals surface area contributed by atoms with E-state index in [-0.39, 0.29) is 11.7 Å². The summed E-state index contributed by atoms with van der Waals surface area (Å²) < 4.78 is 5.12. The van der Waals surface area contributed by atoms with Crippen molar-refractivity contribution in [3.8, 4) is 0 Å². The molecule has 0 aromatic heterocycles. The molecular weight excluding hydrogens is 226 g/mol. The zero-order chi connectivity index (χ0) is 11.5. The van der Waals surface area contributed by atoms with Crippen molar-refractivity contribution in [2.24, 2.45) is 10.9 Å². The van der Waals surface area contributed by atoms with Gasteiger partial charge in [-0.1, -0.05) is 18.0 Å². The molecule has 1 aliphatic heterocycles. The number of rotatable bonds is 4. The van der Waals surface area contributed by atoms with Crippen molar-refractivity contribution in [1.29, 1.82) is 0 Å². The van der Waals surface area contributed by atoms with Crippen LogP contribution in [0.1, 0.15) is 25.7 Å². The Morgan fingerprint density at radius 3 is 2.88 bits per heavy atom. The summed E-state index contributed by atoms with van der Waals surface area (Å²) in [5.74, 6) is 0.343. The second-order valence-corrected chi connectivity index (χ2v) is 4.68. The fraction of sp³-hybridized carbons (Fsp3) is 0.667. The lowest BCUT2D eigenvalue weighted by molar-refractivity contribution is -0.121. The third-order valence-electron chi connectivity index (χ3n) is 3.26. The zero-order valence-corrected chi connectivity index (χ0v) is 10.2. The van der Waals surface area contributed by atoms with E-state index < -0.39 is 0 Å². The molecule has 4 heteroatoms. The van der Waals surface area contributed by atoms with Crippen LogP contribution in [0.4, 0.5) is 0 Å². The van der Waals surface area contributed by atoms with Crippen LogP contribution in [0.2, 0.25) is 0 Å². The molecule has 0 atom stereocenters. The van der Waals surface area contributed by atoms with Gasteiger partial charge in [0.1, 0.15) is 5.17 Å². The number of halogens is 1. The summed E-state index contributed by atoms with van der Waals surface area (Å²) in [7, 11) is 1.64. The van der Waals surface area contributed by atoms with E-state index in [9.17, 15) is 4.79 Å². The molecule has 1 aliphatic carbocycles. The normalized spacial score (nSPS) is 21.8. The van der Waals surface area contributed by atoms with Crippen molar-refractivity contribution in [2.75, 3.05) is 20.3 Å². The van der Waals surface area contributed by atoms with Crippen LogP contribution in [0.25, 0.3) is 0 Å². The molecule has 88 valence electrons. The van der Waals surface area contributed by atoms with Crippen LogP contribution >= 0.6 is 11.6 Å². The Bertz CT molecular complexity index is 356. The molecule has 2 rings (SSSR count). The topological polar surface area (TPSA) is 38.7 Å². The molecule has 1 saturated carbocycles. The maximum atomic E-state index is 12.2. The molecular formula is C12H16ClNO2. The minimum absolute atomic E-state index is 0.170. The zero-order valence-electron chi connectivity index (χ0n) is 9.46. The van der Waals surface area contributed by atoms with Crippen LogP contribution in [-0.2, 0) is 9.53 Å². The molecule has 0 aromatic carbocycles. The molecule has 0 N–H and O–H groups in total. The van der Waals surface area contributed by atoms with E-state index >= 15 is 0 Å². The quantitative estimate of drug-likeness (QED) is 0.758. The van der Waals surface area contributed by atoms with Gasteiger partial charge in [-0.3, -0.25) is 9.79 Å². The molecule has 16 heavy (non-hydrogen) atoms. The van der Waals surface area contributed by atoms with Crippen molar-refractivity contribution in [1.82, 2.24) is 0 Å². The minimum atomic E-state index is 0.170. The van der Waals surface area contributed by atoms with E-state index in [1.165, 1.54) is 0 Å². The van der Waals surface area contributed by atoms with E-state index in [2.05, 4.69) is 4.99 Å². The Morgan fingerprint density at radius 2 is 2.31 bits per heavy atom. The Labute approximate surface area is 101 Å². The molecule has 0 unspecified atom stereocenters. The number of carbonyl (C=O) groups is 1. The summed E-state index contributed by atoms with van der Waals surface area (Å²) in [6.07, 6.45) is 3.93. The molecule has 1 fully saturated rings. The van der Waals surface area contributed by atoms with Crippen LogP contribution in [0.15, 0.2) is 16.1 Å². The number of ketones is 1. The van der Waals surface area contributed by atoms with Gasteiger partial charge < -0.3 is 4.74 Å². The summed E-state index contributed by atoms with van der Waals surface area (Å²) in [5.41, 5.74) is 1.65. The van der Waals surface area contributed by atoms with Crippen molar-refractivity contribution < 1.29 is 9.53 Å². The number of nitrogens with zero attached hydrogens (tertiary/aromatic N) is 1. The third-order valence-corrected chi connectivity index (χ3v) is 3.57. The maximum absolute atomic E-state index is 12.2. The van der Waals surface area contributed by atoms with Gasteiger partial charge in [-0.25, -0.2) is 0 Å². The first-order valence-corrected chi connectivity index (χ1v) is 6.07. The first-order chi connectivity index (χ1) is 7.74. The lowest BCUT2D eigenvalue weighted by Gasteiger charge is -2.27. The molecule has 1 heterocycles. The highest BCUT2D eigenvalue weighted by Crippen LogP contribution is 2.32. The second-order valence-electron chi connectivity index (χ2n) is 4.33. The maximum Gasteiger partial charge on any atom is 0.169 e.